The Balaban J connectivity index is 3.11. The van der Waals surface area contributed by atoms with E-state index >= 15 is 0 Å². The summed E-state index contributed by atoms with van der Waals surface area (Å²) in [5, 5.41) is 0. The third-order valence-electron chi connectivity index (χ3n) is 1.81. The van der Waals surface area contributed by atoms with Crippen LogP contribution in [0, 0.1) is 0 Å². The quantitative estimate of drug-likeness (QED) is 0.692. The zero-order chi connectivity index (χ0) is 11.3. The number of aromatic nitrogens is 1. The Morgan fingerprint density at radius 2 is 2.27 bits per heavy atom. The maximum atomic E-state index is 11.5. The molecule has 1 aromatic heterocycles. The van der Waals surface area contributed by atoms with Gasteiger partial charge in [0, 0.05) is 18.0 Å². The molecule has 0 fully saturated rings. The van der Waals surface area contributed by atoms with Gasteiger partial charge in [-0.2, -0.15) is 0 Å². The molecular weight excluding hydrogens is 188 g/mol. The minimum absolute atomic E-state index is 0.0706. The van der Waals surface area contributed by atoms with Gasteiger partial charge >= 0.3 is 0 Å². The first-order valence-electron chi connectivity index (χ1n) is 4.69. The fourth-order valence-corrected chi connectivity index (χ4v) is 1.09. The molecule has 0 saturated heterocycles. The first-order valence-corrected chi connectivity index (χ1v) is 4.69. The van der Waals surface area contributed by atoms with Gasteiger partial charge in [-0.15, -0.1) is 0 Å². The van der Waals surface area contributed by atoms with Gasteiger partial charge in [0.25, 0.3) is 5.56 Å². The predicted molar refractivity (Wildman–Crippen MR) is 64.0 cm³/mol. The van der Waals surface area contributed by atoms with Gasteiger partial charge in [-0.1, -0.05) is 18.7 Å². The van der Waals surface area contributed by atoms with Crippen molar-refractivity contribution in [2.24, 2.45) is 4.99 Å². The molecule has 3 heteroatoms. The molecule has 0 spiro atoms. The fraction of sp³-hybridized carbons (Fsp3) is 0.167. The van der Waals surface area contributed by atoms with Crippen LogP contribution in [0.4, 0.5) is 0 Å². The number of hydrogen-bond acceptors (Lipinski definition) is 2. The molecule has 15 heavy (non-hydrogen) atoms. The summed E-state index contributed by atoms with van der Waals surface area (Å²) in [7, 11) is 0. The zero-order valence-electron chi connectivity index (χ0n) is 8.97. The minimum Gasteiger partial charge on any atom is -0.283 e. The normalized spacial score (nSPS) is 12.0. The number of rotatable bonds is 3. The monoisotopic (exact) mass is 202 g/mol. The van der Waals surface area contributed by atoms with Crippen LogP contribution in [0.1, 0.15) is 13.8 Å². The lowest BCUT2D eigenvalue weighted by Crippen LogP contribution is -2.17. The predicted octanol–water partition coefficient (Wildman–Crippen LogP) is 2.31. The van der Waals surface area contributed by atoms with Crippen LogP contribution in [0.3, 0.4) is 0 Å². The largest absolute Gasteiger partial charge is 0.283 e. The van der Waals surface area contributed by atoms with Gasteiger partial charge in [-0.25, -0.2) is 0 Å². The molecule has 0 radical (unpaired) electrons. The number of hydrogen-bond donors (Lipinski definition) is 0. The van der Waals surface area contributed by atoms with Crippen LogP contribution in [-0.2, 0) is 0 Å². The van der Waals surface area contributed by atoms with Crippen LogP contribution in [0.5, 0.6) is 0 Å². The summed E-state index contributed by atoms with van der Waals surface area (Å²) in [4.78, 5) is 15.6. The molecular formula is C12H14N2O. The third-order valence-corrected chi connectivity index (χ3v) is 1.81. The summed E-state index contributed by atoms with van der Waals surface area (Å²) in [5.41, 5.74) is 1.38. The van der Waals surface area contributed by atoms with Gasteiger partial charge < -0.3 is 0 Å². The van der Waals surface area contributed by atoms with E-state index in [2.05, 4.69) is 11.6 Å². The Kier molecular flexibility index (Phi) is 3.80. The van der Waals surface area contributed by atoms with Crippen molar-refractivity contribution in [1.29, 1.82) is 0 Å². The van der Waals surface area contributed by atoms with Crippen LogP contribution in [-0.4, -0.2) is 10.8 Å². The van der Waals surface area contributed by atoms with Crippen molar-refractivity contribution in [2.75, 3.05) is 0 Å². The molecule has 78 valence electrons. The molecule has 0 bridgehead atoms. The van der Waals surface area contributed by atoms with E-state index in [0.717, 1.165) is 5.70 Å². The van der Waals surface area contributed by atoms with Crippen molar-refractivity contribution in [3.63, 3.8) is 0 Å². The molecule has 1 aromatic rings. The van der Waals surface area contributed by atoms with Crippen LogP contribution >= 0.6 is 0 Å². The maximum absolute atomic E-state index is 11.5. The summed E-state index contributed by atoms with van der Waals surface area (Å²) in [5.74, 6) is 0. The van der Waals surface area contributed by atoms with E-state index in [9.17, 15) is 4.79 Å². The van der Waals surface area contributed by atoms with Gasteiger partial charge in [0.05, 0.1) is 11.9 Å². The molecule has 0 aliphatic heterocycles. The lowest BCUT2D eigenvalue weighted by Gasteiger charge is -2.04. The van der Waals surface area contributed by atoms with Crippen LogP contribution in [0.25, 0.3) is 5.70 Å². The molecule has 1 heterocycles. The Labute approximate surface area is 89.1 Å². The lowest BCUT2D eigenvalue weighted by molar-refractivity contribution is 1.04. The standard InChI is InChI=1S/C12H14N2O/c1-4-11(9-13-10(2)3)14-8-6-5-7-12(14)15/h4-9H,2H2,1,3H3/b11-4+,13-9?. The topological polar surface area (TPSA) is 34.4 Å². The van der Waals surface area contributed by atoms with E-state index in [0.29, 0.717) is 5.70 Å². The summed E-state index contributed by atoms with van der Waals surface area (Å²) < 4.78 is 1.53. The maximum Gasteiger partial charge on any atom is 0.255 e. The number of allylic oxidation sites excluding steroid dienone is 3. The summed E-state index contributed by atoms with van der Waals surface area (Å²) >= 11 is 0. The molecule has 0 aliphatic rings. The number of aliphatic imine (C=N–C) groups is 1. The van der Waals surface area contributed by atoms with Gasteiger partial charge in [-0.05, 0) is 19.9 Å². The van der Waals surface area contributed by atoms with Crippen molar-refractivity contribution >= 4 is 11.9 Å². The Hall–Kier alpha value is -1.90. The Bertz CT molecular complexity index is 467. The molecule has 1 rings (SSSR count). The van der Waals surface area contributed by atoms with Gasteiger partial charge in [-0.3, -0.25) is 14.4 Å². The molecule has 0 unspecified atom stereocenters. The highest BCUT2D eigenvalue weighted by molar-refractivity contribution is 6.02. The first-order chi connectivity index (χ1) is 7.15. The van der Waals surface area contributed by atoms with E-state index in [4.69, 9.17) is 0 Å². The Morgan fingerprint density at radius 3 is 2.80 bits per heavy atom. The van der Waals surface area contributed by atoms with E-state index in [-0.39, 0.29) is 5.56 Å². The van der Waals surface area contributed by atoms with Crippen molar-refractivity contribution in [2.45, 2.75) is 13.8 Å². The summed E-state index contributed by atoms with van der Waals surface area (Å²) in [6, 6.07) is 5.03. The lowest BCUT2D eigenvalue weighted by atomic mass is 10.4. The Morgan fingerprint density at radius 1 is 1.53 bits per heavy atom. The first kappa shape index (κ1) is 11.2. The van der Waals surface area contributed by atoms with Gasteiger partial charge in [0.2, 0.25) is 0 Å². The second kappa shape index (κ2) is 5.10. The SMILES string of the molecule is C=C(C)N=C/C(=C\C)n1ccccc1=O. The van der Waals surface area contributed by atoms with Crippen LogP contribution in [0.2, 0.25) is 0 Å². The second-order valence-electron chi connectivity index (χ2n) is 3.12. The average Bonchev–Trinajstić information content (AvgIpc) is 2.21. The average molecular weight is 202 g/mol. The third kappa shape index (κ3) is 3.06. The zero-order valence-corrected chi connectivity index (χ0v) is 8.97. The highest BCUT2D eigenvalue weighted by Crippen LogP contribution is 1.99. The van der Waals surface area contributed by atoms with Gasteiger partial charge in [0.15, 0.2) is 0 Å². The number of nitrogens with zero attached hydrogens (tertiary/aromatic N) is 2. The van der Waals surface area contributed by atoms with E-state index in [1.54, 1.807) is 31.5 Å². The summed E-state index contributed by atoms with van der Waals surface area (Å²) in [6.45, 7) is 7.33. The van der Waals surface area contributed by atoms with Crippen LogP contribution in [0.15, 0.2) is 52.5 Å². The highest BCUT2D eigenvalue weighted by Gasteiger charge is 1.96. The smallest absolute Gasteiger partial charge is 0.255 e. The van der Waals surface area contributed by atoms with E-state index < -0.39 is 0 Å². The molecule has 0 amide bonds. The molecule has 3 nitrogen and oxygen atoms in total. The van der Waals surface area contributed by atoms with Crippen molar-refractivity contribution < 1.29 is 0 Å². The molecule has 0 aromatic carbocycles. The molecule has 0 atom stereocenters. The molecule has 0 N–H and O–H groups in total. The van der Waals surface area contributed by atoms with Crippen molar-refractivity contribution in [1.82, 2.24) is 4.57 Å². The van der Waals surface area contributed by atoms with Crippen molar-refractivity contribution in [3.8, 4) is 0 Å². The summed E-state index contributed by atoms with van der Waals surface area (Å²) in [6.07, 6.45) is 5.17. The number of pyridine rings is 1. The minimum atomic E-state index is -0.0706. The fourth-order valence-electron chi connectivity index (χ4n) is 1.09. The van der Waals surface area contributed by atoms with Crippen LogP contribution < -0.4 is 5.56 Å². The molecule has 0 aliphatic carbocycles. The van der Waals surface area contributed by atoms with Gasteiger partial charge in [0.1, 0.15) is 0 Å². The molecule has 0 saturated carbocycles. The second-order valence-corrected chi connectivity index (χ2v) is 3.12. The van der Waals surface area contributed by atoms with E-state index in [1.165, 1.54) is 10.6 Å². The van der Waals surface area contributed by atoms with Crippen molar-refractivity contribution in [3.05, 3.63) is 53.1 Å². The highest BCUT2D eigenvalue weighted by atomic mass is 16.1. The van der Waals surface area contributed by atoms with E-state index in [1.807, 2.05) is 13.0 Å².